The Morgan fingerprint density at radius 3 is 2.18 bits per heavy atom. The van der Waals surface area contributed by atoms with Gasteiger partial charge in [0.25, 0.3) is 0 Å². The molecule has 2 aromatic carbocycles. The fraction of sp³-hybridized carbons (Fsp3) is 0.200. The predicted octanol–water partition coefficient (Wildman–Crippen LogP) is 3.59. The van der Waals surface area contributed by atoms with Gasteiger partial charge >= 0.3 is 0 Å². The van der Waals surface area contributed by atoms with Crippen molar-refractivity contribution < 1.29 is 9.84 Å². The third kappa shape index (κ3) is 2.78. The first-order chi connectivity index (χ1) is 8.16. The number of rotatable bonds is 3. The summed E-state index contributed by atoms with van der Waals surface area (Å²) in [5.41, 5.74) is 3.05. The van der Waals surface area contributed by atoms with Crippen LogP contribution in [0.15, 0.2) is 42.5 Å². The summed E-state index contributed by atoms with van der Waals surface area (Å²) < 4.78 is 5.80. The van der Waals surface area contributed by atoms with E-state index in [0.29, 0.717) is 6.61 Å². The molecule has 0 aliphatic rings. The fourth-order valence-electron chi connectivity index (χ4n) is 1.88. The average Bonchev–Trinajstić information content (AvgIpc) is 2.29. The second-order valence-electron chi connectivity index (χ2n) is 4.18. The number of ether oxygens (including phenoxy) is 1. The van der Waals surface area contributed by atoms with Crippen molar-refractivity contribution in [1.29, 1.82) is 0 Å². The lowest BCUT2D eigenvalue weighted by Gasteiger charge is -2.12. The lowest BCUT2D eigenvalue weighted by molar-refractivity contribution is 0.301. The van der Waals surface area contributed by atoms with Gasteiger partial charge in [-0.25, -0.2) is 0 Å². The first kappa shape index (κ1) is 11.5. The van der Waals surface area contributed by atoms with Crippen LogP contribution in [0.1, 0.15) is 16.7 Å². The van der Waals surface area contributed by atoms with E-state index in [2.05, 4.69) is 0 Å². The lowest BCUT2D eigenvalue weighted by Crippen LogP contribution is -1.98. The summed E-state index contributed by atoms with van der Waals surface area (Å²) in [6.07, 6.45) is 0. The summed E-state index contributed by atoms with van der Waals surface area (Å²) in [5.74, 6) is 1.14. The van der Waals surface area contributed by atoms with Crippen molar-refractivity contribution in [2.24, 2.45) is 0 Å². The van der Waals surface area contributed by atoms with Crippen LogP contribution < -0.4 is 4.74 Å². The van der Waals surface area contributed by atoms with E-state index in [1.807, 2.05) is 44.2 Å². The van der Waals surface area contributed by atoms with Crippen LogP contribution in [0.4, 0.5) is 0 Å². The maximum absolute atomic E-state index is 9.45. The molecule has 0 unspecified atom stereocenters. The van der Waals surface area contributed by atoms with E-state index >= 15 is 0 Å². The maximum atomic E-state index is 9.45. The summed E-state index contributed by atoms with van der Waals surface area (Å²) >= 11 is 0. The zero-order chi connectivity index (χ0) is 12.3. The third-order valence-corrected chi connectivity index (χ3v) is 2.67. The minimum Gasteiger partial charge on any atom is -0.508 e. The van der Waals surface area contributed by atoms with E-state index in [-0.39, 0.29) is 5.75 Å². The van der Waals surface area contributed by atoms with Crippen LogP contribution in [-0.2, 0) is 6.61 Å². The molecule has 0 aromatic heterocycles. The van der Waals surface area contributed by atoms with E-state index < -0.39 is 0 Å². The Bertz CT molecular complexity index is 481. The molecule has 88 valence electrons. The highest BCUT2D eigenvalue weighted by Gasteiger charge is 2.06. The molecule has 0 amide bonds. The van der Waals surface area contributed by atoms with Crippen LogP contribution in [0.5, 0.6) is 11.5 Å². The Balaban J connectivity index is 2.15. The molecule has 0 heterocycles. The van der Waals surface area contributed by atoms with Gasteiger partial charge in [0.2, 0.25) is 0 Å². The lowest BCUT2D eigenvalue weighted by atomic mass is 10.1. The molecular formula is C15H16O2. The van der Waals surface area contributed by atoms with Crippen molar-refractivity contribution in [3.8, 4) is 11.5 Å². The molecule has 0 saturated heterocycles. The highest BCUT2D eigenvalue weighted by Crippen LogP contribution is 2.28. The van der Waals surface area contributed by atoms with Crippen molar-refractivity contribution in [2.75, 3.05) is 0 Å². The van der Waals surface area contributed by atoms with Gasteiger partial charge in [-0.2, -0.15) is 0 Å². The molecule has 0 aliphatic heterocycles. The van der Waals surface area contributed by atoms with Gasteiger partial charge in [-0.05, 0) is 42.7 Å². The predicted molar refractivity (Wildman–Crippen MR) is 68.4 cm³/mol. The molecular weight excluding hydrogens is 212 g/mol. The standard InChI is InChI=1S/C15H16O2/c1-11-8-14(16)9-12(2)15(11)17-10-13-6-4-3-5-7-13/h3-9,16H,10H2,1-2H3. The number of hydrogen-bond donors (Lipinski definition) is 1. The van der Waals surface area contributed by atoms with Crippen LogP contribution in [0, 0.1) is 13.8 Å². The van der Waals surface area contributed by atoms with Crippen molar-refractivity contribution in [3.63, 3.8) is 0 Å². The highest BCUT2D eigenvalue weighted by molar-refractivity contribution is 5.45. The van der Waals surface area contributed by atoms with Crippen LogP contribution in [0.25, 0.3) is 0 Å². The van der Waals surface area contributed by atoms with Gasteiger partial charge in [0.15, 0.2) is 0 Å². The number of aromatic hydroxyl groups is 1. The molecule has 2 rings (SSSR count). The van der Waals surface area contributed by atoms with Gasteiger partial charge in [-0.15, -0.1) is 0 Å². The van der Waals surface area contributed by atoms with Crippen LogP contribution >= 0.6 is 0 Å². The van der Waals surface area contributed by atoms with E-state index in [9.17, 15) is 5.11 Å². The molecule has 0 aliphatic carbocycles. The number of benzene rings is 2. The molecule has 2 heteroatoms. The average molecular weight is 228 g/mol. The van der Waals surface area contributed by atoms with Crippen molar-refractivity contribution >= 4 is 0 Å². The second kappa shape index (κ2) is 4.91. The van der Waals surface area contributed by atoms with Gasteiger partial charge in [-0.3, -0.25) is 0 Å². The molecule has 0 bridgehead atoms. The van der Waals surface area contributed by atoms with Gasteiger partial charge in [0.1, 0.15) is 18.1 Å². The zero-order valence-electron chi connectivity index (χ0n) is 10.1. The van der Waals surface area contributed by atoms with Crippen LogP contribution in [0.2, 0.25) is 0 Å². The molecule has 1 N–H and O–H groups in total. The Morgan fingerprint density at radius 2 is 1.59 bits per heavy atom. The second-order valence-corrected chi connectivity index (χ2v) is 4.18. The number of phenolic OH excluding ortho intramolecular Hbond substituents is 1. The number of aryl methyl sites for hydroxylation is 2. The van der Waals surface area contributed by atoms with E-state index in [1.165, 1.54) is 0 Å². The molecule has 0 fully saturated rings. The normalized spacial score (nSPS) is 10.2. The quantitative estimate of drug-likeness (QED) is 0.870. The molecule has 0 spiro atoms. The molecule has 2 aromatic rings. The maximum Gasteiger partial charge on any atom is 0.125 e. The summed E-state index contributed by atoms with van der Waals surface area (Å²) in [5, 5.41) is 9.45. The number of hydrogen-bond acceptors (Lipinski definition) is 2. The zero-order valence-corrected chi connectivity index (χ0v) is 10.1. The highest BCUT2D eigenvalue weighted by atomic mass is 16.5. The topological polar surface area (TPSA) is 29.5 Å². The van der Waals surface area contributed by atoms with Crippen molar-refractivity contribution in [3.05, 3.63) is 59.2 Å². The van der Waals surface area contributed by atoms with Gasteiger partial charge in [-0.1, -0.05) is 30.3 Å². The Hall–Kier alpha value is -1.96. The smallest absolute Gasteiger partial charge is 0.125 e. The summed E-state index contributed by atoms with van der Waals surface area (Å²) in [4.78, 5) is 0. The van der Waals surface area contributed by atoms with Gasteiger partial charge in [0.05, 0.1) is 0 Å². The summed E-state index contributed by atoms with van der Waals surface area (Å²) in [6, 6.07) is 13.5. The molecule has 0 saturated carbocycles. The fourth-order valence-corrected chi connectivity index (χ4v) is 1.88. The molecule has 17 heavy (non-hydrogen) atoms. The van der Waals surface area contributed by atoms with Crippen molar-refractivity contribution in [1.82, 2.24) is 0 Å². The minimum absolute atomic E-state index is 0.284. The number of phenols is 1. The first-order valence-electron chi connectivity index (χ1n) is 5.64. The Kier molecular flexibility index (Phi) is 3.33. The summed E-state index contributed by atoms with van der Waals surface area (Å²) in [6.45, 7) is 4.42. The largest absolute Gasteiger partial charge is 0.508 e. The molecule has 0 atom stereocenters. The minimum atomic E-state index is 0.284. The van der Waals surface area contributed by atoms with Crippen molar-refractivity contribution in [2.45, 2.75) is 20.5 Å². The monoisotopic (exact) mass is 228 g/mol. The van der Waals surface area contributed by atoms with Gasteiger partial charge in [0, 0.05) is 0 Å². The molecule has 0 radical (unpaired) electrons. The van der Waals surface area contributed by atoms with Crippen LogP contribution in [0.3, 0.4) is 0 Å². The van der Waals surface area contributed by atoms with E-state index in [0.717, 1.165) is 22.4 Å². The summed E-state index contributed by atoms with van der Waals surface area (Å²) in [7, 11) is 0. The Labute approximate surface area is 101 Å². The van der Waals surface area contributed by atoms with Gasteiger partial charge < -0.3 is 9.84 Å². The third-order valence-electron chi connectivity index (χ3n) is 2.67. The van der Waals surface area contributed by atoms with Crippen LogP contribution in [-0.4, -0.2) is 5.11 Å². The Morgan fingerprint density at radius 1 is 1.00 bits per heavy atom. The van der Waals surface area contributed by atoms with E-state index in [1.54, 1.807) is 12.1 Å². The first-order valence-corrected chi connectivity index (χ1v) is 5.64. The van der Waals surface area contributed by atoms with E-state index in [4.69, 9.17) is 4.74 Å². The SMILES string of the molecule is Cc1cc(O)cc(C)c1OCc1ccccc1. The molecule has 2 nitrogen and oxygen atoms in total.